The van der Waals surface area contributed by atoms with Crippen LogP contribution in [0.3, 0.4) is 0 Å². The molecule has 90 valence electrons. The van der Waals surface area contributed by atoms with Crippen LogP contribution in [-0.4, -0.2) is 16.4 Å². The minimum atomic E-state index is 0.539. The van der Waals surface area contributed by atoms with Crippen molar-refractivity contribution < 1.29 is 0 Å². The van der Waals surface area contributed by atoms with Gasteiger partial charge in [0.05, 0.1) is 0 Å². The minimum Gasteiger partial charge on any atom is -0.291 e. The predicted octanol–water partition coefficient (Wildman–Crippen LogP) is 2.74. The van der Waals surface area contributed by atoms with Crippen molar-refractivity contribution in [2.24, 2.45) is 0 Å². The largest absolute Gasteiger partial charge is 0.291 e. The van der Waals surface area contributed by atoms with E-state index in [9.17, 15) is 0 Å². The van der Waals surface area contributed by atoms with Gasteiger partial charge in [0.1, 0.15) is 0 Å². The molecule has 3 heterocycles. The normalized spacial score (nSPS) is 21.9. The van der Waals surface area contributed by atoms with Gasteiger partial charge in [-0.15, -0.1) is 0 Å². The zero-order valence-corrected chi connectivity index (χ0v) is 10.3. The van der Waals surface area contributed by atoms with Crippen LogP contribution in [0.2, 0.25) is 0 Å². The van der Waals surface area contributed by atoms with Crippen LogP contribution >= 0.6 is 0 Å². The quantitative estimate of drug-likeness (QED) is 0.699. The van der Waals surface area contributed by atoms with Gasteiger partial charge in [-0.3, -0.25) is 9.88 Å². The van der Waals surface area contributed by atoms with E-state index in [2.05, 4.69) is 46.3 Å². The van der Waals surface area contributed by atoms with Crippen molar-refractivity contribution in [3.8, 4) is 0 Å². The fourth-order valence-electron chi connectivity index (χ4n) is 3.33. The van der Waals surface area contributed by atoms with Gasteiger partial charge in [-0.1, -0.05) is 30.3 Å². The SMILES string of the molecule is c1ccc2c(c1)CCN1Cc3cccnc3C[C@@H]21. The van der Waals surface area contributed by atoms with Crippen LogP contribution in [0.1, 0.15) is 28.4 Å². The molecule has 0 saturated heterocycles. The summed E-state index contributed by atoms with van der Waals surface area (Å²) < 4.78 is 0. The number of benzene rings is 1. The molecule has 1 aromatic heterocycles. The summed E-state index contributed by atoms with van der Waals surface area (Å²) in [6.45, 7) is 2.23. The van der Waals surface area contributed by atoms with Crippen molar-refractivity contribution in [2.45, 2.75) is 25.4 Å². The topological polar surface area (TPSA) is 16.1 Å². The Morgan fingerprint density at radius 3 is 2.94 bits per heavy atom. The predicted molar refractivity (Wildman–Crippen MR) is 71.2 cm³/mol. The number of nitrogens with zero attached hydrogens (tertiary/aromatic N) is 2. The average molecular weight is 236 g/mol. The fraction of sp³-hybridized carbons (Fsp3) is 0.312. The molecule has 4 rings (SSSR count). The Morgan fingerprint density at radius 2 is 1.94 bits per heavy atom. The maximum absolute atomic E-state index is 4.56. The summed E-state index contributed by atoms with van der Waals surface area (Å²) in [5, 5.41) is 0. The first kappa shape index (κ1) is 10.3. The minimum absolute atomic E-state index is 0.539. The van der Waals surface area contributed by atoms with E-state index in [0.29, 0.717) is 6.04 Å². The molecule has 2 heteroatoms. The molecule has 2 aliphatic heterocycles. The molecule has 2 aliphatic rings. The van der Waals surface area contributed by atoms with Crippen LogP contribution < -0.4 is 0 Å². The van der Waals surface area contributed by atoms with E-state index >= 15 is 0 Å². The van der Waals surface area contributed by atoms with Gasteiger partial charge in [0, 0.05) is 37.4 Å². The molecule has 0 fully saturated rings. The van der Waals surface area contributed by atoms with E-state index in [1.807, 2.05) is 6.20 Å². The Labute approximate surface area is 107 Å². The molecular formula is C16H16N2. The van der Waals surface area contributed by atoms with E-state index in [1.165, 1.54) is 35.3 Å². The van der Waals surface area contributed by atoms with Crippen LogP contribution in [0, 0.1) is 0 Å². The van der Waals surface area contributed by atoms with Gasteiger partial charge in [-0.25, -0.2) is 0 Å². The number of pyridine rings is 1. The summed E-state index contributed by atoms with van der Waals surface area (Å²) in [6, 6.07) is 13.7. The molecule has 0 N–H and O–H groups in total. The maximum Gasteiger partial charge on any atom is 0.0467 e. The third-order valence-electron chi connectivity index (χ3n) is 4.27. The summed E-state index contributed by atoms with van der Waals surface area (Å²) >= 11 is 0. The van der Waals surface area contributed by atoms with E-state index < -0.39 is 0 Å². The maximum atomic E-state index is 4.56. The highest BCUT2D eigenvalue weighted by atomic mass is 15.2. The molecule has 1 aromatic carbocycles. The third-order valence-corrected chi connectivity index (χ3v) is 4.27. The lowest BCUT2D eigenvalue weighted by Crippen LogP contribution is -2.39. The van der Waals surface area contributed by atoms with Gasteiger partial charge >= 0.3 is 0 Å². The fourth-order valence-corrected chi connectivity index (χ4v) is 3.33. The Bertz CT molecular complexity index is 591. The molecule has 18 heavy (non-hydrogen) atoms. The Balaban J connectivity index is 1.79. The van der Waals surface area contributed by atoms with E-state index in [-0.39, 0.29) is 0 Å². The summed E-state index contributed by atoms with van der Waals surface area (Å²) in [5.41, 5.74) is 5.74. The first-order valence-electron chi connectivity index (χ1n) is 6.66. The van der Waals surface area contributed by atoms with E-state index in [1.54, 1.807) is 0 Å². The zero-order chi connectivity index (χ0) is 11.9. The van der Waals surface area contributed by atoms with Crippen LogP contribution in [0.25, 0.3) is 0 Å². The average Bonchev–Trinajstić information content (AvgIpc) is 2.45. The summed E-state index contributed by atoms with van der Waals surface area (Å²) in [6.07, 6.45) is 4.17. The molecule has 0 unspecified atom stereocenters. The number of rotatable bonds is 0. The molecule has 0 radical (unpaired) electrons. The number of hydrogen-bond donors (Lipinski definition) is 0. The standard InChI is InChI=1S/C16H16N2/c1-2-6-14-12(4-1)7-9-18-11-13-5-3-8-17-15(13)10-16(14)18/h1-6,8,16H,7,9-11H2/t16-/m0/s1. The summed E-state index contributed by atoms with van der Waals surface area (Å²) in [4.78, 5) is 7.16. The van der Waals surface area contributed by atoms with E-state index in [0.717, 1.165) is 13.0 Å². The van der Waals surface area contributed by atoms with E-state index in [4.69, 9.17) is 0 Å². The van der Waals surface area contributed by atoms with Crippen LogP contribution in [0.5, 0.6) is 0 Å². The second-order valence-electron chi connectivity index (χ2n) is 5.25. The van der Waals surface area contributed by atoms with Gasteiger partial charge < -0.3 is 0 Å². The monoisotopic (exact) mass is 236 g/mol. The molecule has 2 aromatic rings. The Morgan fingerprint density at radius 1 is 1.06 bits per heavy atom. The summed E-state index contributed by atoms with van der Waals surface area (Å²) in [5.74, 6) is 0. The second kappa shape index (κ2) is 3.92. The highest BCUT2D eigenvalue weighted by Crippen LogP contribution is 2.36. The van der Waals surface area contributed by atoms with Gasteiger partial charge in [0.2, 0.25) is 0 Å². The van der Waals surface area contributed by atoms with Gasteiger partial charge in [0.15, 0.2) is 0 Å². The lowest BCUT2D eigenvalue weighted by atomic mass is 9.86. The Hall–Kier alpha value is -1.67. The van der Waals surface area contributed by atoms with Crippen molar-refractivity contribution in [2.75, 3.05) is 6.54 Å². The van der Waals surface area contributed by atoms with Gasteiger partial charge in [0.25, 0.3) is 0 Å². The van der Waals surface area contributed by atoms with Crippen molar-refractivity contribution >= 4 is 0 Å². The lowest BCUT2D eigenvalue weighted by molar-refractivity contribution is 0.159. The molecule has 0 bridgehead atoms. The van der Waals surface area contributed by atoms with Crippen molar-refractivity contribution in [1.29, 1.82) is 0 Å². The molecule has 0 aliphatic carbocycles. The second-order valence-corrected chi connectivity index (χ2v) is 5.25. The molecule has 0 saturated carbocycles. The Kier molecular flexibility index (Phi) is 2.24. The lowest BCUT2D eigenvalue weighted by Gasteiger charge is -2.40. The highest BCUT2D eigenvalue weighted by Gasteiger charge is 2.31. The molecule has 0 spiro atoms. The first-order chi connectivity index (χ1) is 8.92. The van der Waals surface area contributed by atoms with Gasteiger partial charge in [-0.05, 0) is 29.2 Å². The third kappa shape index (κ3) is 1.49. The smallest absolute Gasteiger partial charge is 0.0467 e. The van der Waals surface area contributed by atoms with Crippen molar-refractivity contribution in [1.82, 2.24) is 9.88 Å². The molecule has 0 amide bonds. The number of hydrogen-bond acceptors (Lipinski definition) is 2. The molecular weight excluding hydrogens is 220 g/mol. The number of aromatic nitrogens is 1. The van der Waals surface area contributed by atoms with Crippen LogP contribution in [-0.2, 0) is 19.4 Å². The molecule has 1 atom stereocenters. The number of fused-ring (bicyclic) bond motifs is 4. The highest BCUT2D eigenvalue weighted by molar-refractivity contribution is 5.36. The zero-order valence-electron chi connectivity index (χ0n) is 10.3. The van der Waals surface area contributed by atoms with Crippen LogP contribution in [0.15, 0.2) is 42.6 Å². The summed E-state index contributed by atoms with van der Waals surface area (Å²) in [7, 11) is 0. The van der Waals surface area contributed by atoms with Crippen molar-refractivity contribution in [3.63, 3.8) is 0 Å². The van der Waals surface area contributed by atoms with Crippen LogP contribution in [0.4, 0.5) is 0 Å². The first-order valence-corrected chi connectivity index (χ1v) is 6.66. The molecule has 2 nitrogen and oxygen atoms in total. The van der Waals surface area contributed by atoms with Crippen molar-refractivity contribution in [3.05, 3.63) is 65.0 Å². The van der Waals surface area contributed by atoms with Gasteiger partial charge in [-0.2, -0.15) is 0 Å².